The fraction of sp³-hybridized carbons (Fsp3) is 0.188. The molecule has 0 radical (unpaired) electrons. The summed E-state index contributed by atoms with van der Waals surface area (Å²) in [5.41, 5.74) is 2.90. The Morgan fingerprint density at radius 2 is 1.80 bits per heavy atom. The molecule has 2 nitrogen and oxygen atoms in total. The van der Waals surface area contributed by atoms with Crippen molar-refractivity contribution in [3.63, 3.8) is 0 Å². The molecule has 0 bridgehead atoms. The highest BCUT2D eigenvalue weighted by molar-refractivity contribution is 9.10. The lowest BCUT2D eigenvalue weighted by Gasteiger charge is -2.16. The number of nitrogens with one attached hydrogen (secondary N) is 1. The molecule has 2 aromatic carbocycles. The van der Waals surface area contributed by atoms with E-state index in [1.807, 2.05) is 55.5 Å². The highest BCUT2D eigenvalue weighted by atomic mass is 79.9. The lowest BCUT2D eigenvalue weighted by molar-refractivity contribution is 0.0940. The molecule has 0 aliphatic carbocycles. The van der Waals surface area contributed by atoms with Gasteiger partial charge in [-0.25, -0.2) is 0 Å². The van der Waals surface area contributed by atoms with Crippen molar-refractivity contribution in [1.29, 1.82) is 0 Å². The van der Waals surface area contributed by atoms with E-state index in [1.165, 1.54) is 0 Å². The molecule has 1 unspecified atom stereocenters. The quantitative estimate of drug-likeness (QED) is 0.736. The van der Waals surface area contributed by atoms with Gasteiger partial charge < -0.3 is 5.32 Å². The van der Waals surface area contributed by atoms with Crippen LogP contribution < -0.4 is 5.32 Å². The van der Waals surface area contributed by atoms with E-state index in [9.17, 15) is 4.79 Å². The topological polar surface area (TPSA) is 29.1 Å². The second kappa shape index (κ2) is 7.04. The van der Waals surface area contributed by atoms with E-state index in [4.69, 9.17) is 0 Å². The molecule has 2 rings (SSSR count). The molecule has 0 aliphatic rings. The molecule has 0 spiro atoms. The summed E-state index contributed by atoms with van der Waals surface area (Å²) in [6.45, 7) is 1.98. The van der Waals surface area contributed by atoms with Crippen molar-refractivity contribution < 1.29 is 4.79 Å². The summed E-state index contributed by atoms with van der Waals surface area (Å²) in [6.07, 6.45) is 0. The Bertz CT molecular complexity index is 596. The molecule has 0 aliphatic heterocycles. The van der Waals surface area contributed by atoms with Gasteiger partial charge in [0.25, 0.3) is 5.91 Å². The number of carbonyl (C=O) groups excluding carboxylic acids is 1. The number of rotatable bonds is 4. The van der Waals surface area contributed by atoms with Gasteiger partial charge >= 0.3 is 0 Å². The average molecular weight is 397 g/mol. The number of alkyl halides is 1. The molecular formula is C16H15Br2NO. The van der Waals surface area contributed by atoms with Gasteiger partial charge in [0.2, 0.25) is 0 Å². The van der Waals surface area contributed by atoms with E-state index >= 15 is 0 Å². The summed E-state index contributed by atoms with van der Waals surface area (Å²) < 4.78 is 1.00. The third kappa shape index (κ3) is 3.70. The first kappa shape index (κ1) is 15.3. The van der Waals surface area contributed by atoms with Crippen molar-refractivity contribution in [2.45, 2.75) is 18.3 Å². The summed E-state index contributed by atoms with van der Waals surface area (Å²) in [6, 6.07) is 15.5. The Morgan fingerprint density at radius 3 is 2.40 bits per heavy atom. The van der Waals surface area contributed by atoms with Gasteiger partial charge in [-0.2, -0.15) is 0 Å². The molecule has 0 aromatic heterocycles. The Kier molecular flexibility index (Phi) is 5.38. The van der Waals surface area contributed by atoms with Gasteiger partial charge in [0, 0.05) is 15.4 Å². The molecule has 20 heavy (non-hydrogen) atoms. The number of hydrogen-bond donors (Lipinski definition) is 1. The highest BCUT2D eigenvalue weighted by Crippen LogP contribution is 2.23. The second-order valence-corrected chi connectivity index (χ2v) is 5.96. The van der Waals surface area contributed by atoms with Crippen molar-refractivity contribution in [3.05, 3.63) is 69.7 Å². The van der Waals surface area contributed by atoms with E-state index in [0.29, 0.717) is 5.56 Å². The summed E-state index contributed by atoms with van der Waals surface area (Å²) in [5, 5.41) is 3.80. The molecule has 4 heteroatoms. The SMILES string of the molecule is CC(NC(=O)c1ccc(CBr)cc1)c1ccccc1Br. The van der Waals surface area contributed by atoms with Crippen molar-refractivity contribution in [1.82, 2.24) is 5.32 Å². The van der Waals surface area contributed by atoms with Gasteiger partial charge in [0.1, 0.15) is 0 Å². The normalized spacial score (nSPS) is 11.9. The van der Waals surface area contributed by atoms with Crippen LogP contribution >= 0.6 is 31.9 Å². The monoisotopic (exact) mass is 395 g/mol. The first-order valence-electron chi connectivity index (χ1n) is 6.32. The van der Waals surface area contributed by atoms with E-state index in [-0.39, 0.29) is 11.9 Å². The van der Waals surface area contributed by atoms with Crippen molar-refractivity contribution in [3.8, 4) is 0 Å². The fourth-order valence-electron chi connectivity index (χ4n) is 1.93. The van der Waals surface area contributed by atoms with Gasteiger partial charge in [-0.05, 0) is 36.2 Å². The van der Waals surface area contributed by atoms with Crippen LogP contribution in [0.5, 0.6) is 0 Å². The molecule has 2 aromatic rings. The third-order valence-electron chi connectivity index (χ3n) is 3.09. The van der Waals surface area contributed by atoms with E-state index in [1.54, 1.807) is 0 Å². The molecule has 1 atom stereocenters. The van der Waals surface area contributed by atoms with Crippen LogP contribution in [0.3, 0.4) is 0 Å². The van der Waals surface area contributed by atoms with Crippen LogP contribution in [0, 0.1) is 0 Å². The first-order chi connectivity index (χ1) is 9.61. The second-order valence-electron chi connectivity index (χ2n) is 4.55. The van der Waals surface area contributed by atoms with Gasteiger partial charge in [-0.1, -0.05) is 62.2 Å². The standard InChI is InChI=1S/C16H15Br2NO/c1-11(14-4-2-3-5-15(14)18)19-16(20)13-8-6-12(10-17)7-9-13/h2-9,11H,10H2,1H3,(H,19,20). The van der Waals surface area contributed by atoms with Gasteiger partial charge in [-0.15, -0.1) is 0 Å². The largest absolute Gasteiger partial charge is 0.345 e. The maximum Gasteiger partial charge on any atom is 0.251 e. The zero-order chi connectivity index (χ0) is 14.5. The molecule has 1 N–H and O–H groups in total. The molecule has 0 heterocycles. The third-order valence-corrected chi connectivity index (χ3v) is 4.46. The number of amides is 1. The van der Waals surface area contributed by atoms with E-state index in [0.717, 1.165) is 20.9 Å². The van der Waals surface area contributed by atoms with Crippen LogP contribution in [-0.4, -0.2) is 5.91 Å². The zero-order valence-electron chi connectivity index (χ0n) is 11.1. The molecule has 0 saturated heterocycles. The van der Waals surface area contributed by atoms with Crippen LogP contribution in [0.2, 0.25) is 0 Å². The van der Waals surface area contributed by atoms with Crippen LogP contribution in [0.15, 0.2) is 53.0 Å². The maximum absolute atomic E-state index is 12.2. The van der Waals surface area contributed by atoms with Crippen LogP contribution in [0.4, 0.5) is 0 Å². The first-order valence-corrected chi connectivity index (χ1v) is 8.23. The summed E-state index contributed by atoms with van der Waals surface area (Å²) in [4.78, 5) is 12.2. The lowest BCUT2D eigenvalue weighted by atomic mass is 10.1. The summed E-state index contributed by atoms with van der Waals surface area (Å²) in [7, 11) is 0. The van der Waals surface area contributed by atoms with Gasteiger partial charge in [-0.3, -0.25) is 4.79 Å². The Hall–Kier alpha value is -1.13. The molecule has 0 fully saturated rings. The summed E-state index contributed by atoms with van der Waals surface area (Å²) >= 11 is 6.90. The Morgan fingerprint density at radius 1 is 1.15 bits per heavy atom. The van der Waals surface area contributed by atoms with Gasteiger partial charge in [0.15, 0.2) is 0 Å². The van der Waals surface area contributed by atoms with Crippen LogP contribution in [0.1, 0.15) is 34.5 Å². The van der Waals surface area contributed by atoms with E-state index < -0.39 is 0 Å². The fourth-order valence-corrected chi connectivity index (χ4v) is 2.93. The molecule has 1 amide bonds. The minimum absolute atomic E-state index is 0.0473. The van der Waals surface area contributed by atoms with Crippen LogP contribution in [0.25, 0.3) is 0 Å². The predicted octanol–water partition coefficient (Wildman–Crippen LogP) is 4.84. The van der Waals surface area contributed by atoms with Crippen molar-refractivity contribution in [2.24, 2.45) is 0 Å². The smallest absolute Gasteiger partial charge is 0.251 e. The van der Waals surface area contributed by atoms with E-state index in [2.05, 4.69) is 37.2 Å². The maximum atomic E-state index is 12.2. The van der Waals surface area contributed by atoms with Gasteiger partial charge in [0.05, 0.1) is 6.04 Å². The summed E-state index contributed by atoms with van der Waals surface area (Å²) in [5.74, 6) is -0.0608. The number of benzene rings is 2. The highest BCUT2D eigenvalue weighted by Gasteiger charge is 2.13. The Balaban J connectivity index is 2.09. The average Bonchev–Trinajstić information content (AvgIpc) is 2.47. The lowest BCUT2D eigenvalue weighted by Crippen LogP contribution is -2.26. The Labute approximate surface area is 135 Å². The number of halogens is 2. The van der Waals surface area contributed by atoms with Crippen molar-refractivity contribution in [2.75, 3.05) is 0 Å². The zero-order valence-corrected chi connectivity index (χ0v) is 14.2. The number of carbonyl (C=O) groups is 1. The molecular weight excluding hydrogens is 382 g/mol. The minimum atomic E-state index is -0.0608. The molecule has 104 valence electrons. The molecule has 0 saturated carbocycles. The predicted molar refractivity (Wildman–Crippen MR) is 89.1 cm³/mol. The minimum Gasteiger partial charge on any atom is -0.345 e. The van der Waals surface area contributed by atoms with Crippen LogP contribution in [-0.2, 0) is 5.33 Å². The van der Waals surface area contributed by atoms with Crippen molar-refractivity contribution >= 4 is 37.8 Å². The number of hydrogen-bond acceptors (Lipinski definition) is 1.